The Bertz CT molecular complexity index is 146. The van der Waals surface area contributed by atoms with E-state index in [1.807, 2.05) is 0 Å². The van der Waals surface area contributed by atoms with Gasteiger partial charge in [0, 0.05) is 6.04 Å². The molecule has 0 spiro atoms. The van der Waals surface area contributed by atoms with Gasteiger partial charge in [-0.05, 0) is 32.2 Å². The van der Waals surface area contributed by atoms with Crippen LogP contribution in [-0.2, 0) is 0 Å². The zero-order chi connectivity index (χ0) is 8.44. The summed E-state index contributed by atoms with van der Waals surface area (Å²) in [6.45, 7) is 1.10. The normalized spacial score (nSPS) is 35.2. The second-order valence-electron chi connectivity index (χ2n) is 4.31. The average molecular weight is 169 g/mol. The molecule has 1 saturated carbocycles. The van der Waals surface area contributed by atoms with Crippen LogP contribution in [0.5, 0.6) is 0 Å². The lowest BCUT2D eigenvalue weighted by atomic mass is 9.79. The highest BCUT2D eigenvalue weighted by atomic mass is 16.3. The van der Waals surface area contributed by atoms with Crippen LogP contribution in [-0.4, -0.2) is 23.3 Å². The number of hydrogen-bond donors (Lipinski definition) is 2. The van der Waals surface area contributed by atoms with E-state index in [2.05, 4.69) is 5.32 Å². The van der Waals surface area contributed by atoms with Gasteiger partial charge in [-0.15, -0.1) is 0 Å². The molecule has 1 aliphatic carbocycles. The lowest BCUT2D eigenvalue weighted by Crippen LogP contribution is -2.48. The second kappa shape index (κ2) is 3.35. The third-order valence-corrected chi connectivity index (χ3v) is 3.43. The predicted octanol–water partition coefficient (Wildman–Crippen LogP) is 1.43. The number of rotatable bonds is 1. The average Bonchev–Trinajstić information content (AvgIpc) is 2.58. The molecule has 0 radical (unpaired) electrons. The highest BCUT2D eigenvalue weighted by Gasteiger charge is 2.38. The zero-order valence-electron chi connectivity index (χ0n) is 7.68. The van der Waals surface area contributed by atoms with Crippen LogP contribution in [0.25, 0.3) is 0 Å². The summed E-state index contributed by atoms with van der Waals surface area (Å²) in [4.78, 5) is 0. The van der Waals surface area contributed by atoms with Crippen molar-refractivity contribution in [1.82, 2.24) is 5.32 Å². The summed E-state index contributed by atoms with van der Waals surface area (Å²) in [6, 6.07) is 0.401. The van der Waals surface area contributed by atoms with Crippen molar-refractivity contribution in [3.8, 4) is 0 Å². The molecule has 0 aromatic heterocycles. The van der Waals surface area contributed by atoms with E-state index in [0.29, 0.717) is 6.04 Å². The summed E-state index contributed by atoms with van der Waals surface area (Å²) in [7, 11) is 0. The molecule has 1 saturated heterocycles. The molecule has 2 N–H and O–H groups in total. The Morgan fingerprint density at radius 2 is 1.83 bits per heavy atom. The van der Waals surface area contributed by atoms with Crippen LogP contribution in [0, 0.1) is 0 Å². The fourth-order valence-corrected chi connectivity index (χ4v) is 2.66. The molecule has 1 heterocycles. The summed E-state index contributed by atoms with van der Waals surface area (Å²) in [5.74, 6) is 0. The maximum Gasteiger partial charge on any atom is 0.0800 e. The summed E-state index contributed by atoms with van der Waals surface area (Å²) in [5.41, 5.74) is -0.352. The monoisotopic (exact) mass is 169 g/mol. The van der Waals surface area contributed by atoms with E-state index < -0.39 is 0 Å². The molecule has 1 aliphatic heterocycles. The van der Waals surface area contributed by atoms with Gasteiger partial charge in [0.2, 0.25) is 0 Å². The molecule has 12 heavy (non-hydrogen) atoms. The first-order chi connectivity index (χ1) is 5.81. The maximum atomic E-state index is 10.3. The Balaban J connectivity index is 1.97. The Labute approximate surface area is 74.4 Å². The van der Waals surface area contributed by atoms with Gasteiger partial charge in [0.05, 0.1) is 5.60 Å². The lowest BCUT2D eigenvalue weighted by Gasteiger charge is -2.37. The van der Waals surface area contributed by atoms with Crippen LogP contribution >= 0.6 is 0 Å². The van der Waals surface area contributed by atoms with E-state index >= 15 is 0 Å². The third-order valence-electron chi connectivity index (χ3n) is 3.43. The summed E-state index contributed by atoms with van der Waals surface area (Å²) in [6.07, 6.45) is 8.21. The quantitative estimate of drug-likeness (QED) is 0.622. The number of hydrogen-bond acceptors (Lipinski definition) is 2. The molecule has 70 valence electrons. The van der Waals surface area contributed by atoms with Crippen molar-refractivity contribution < 1.29 is 5.11 Å². The highest BCUT2D eigenvalue weighted by molar-refractivity contribution is 4.96. The number of nitrogens with one attached hydrogen (secondary N) is 1. The minimum absolute atomic E-state index is 0.352. The summed E-state index contributed by atoms with van der Waals surface area (Å²) >= 11 is 0. The van der Waals surface area contributed by atoms with Gasteiger partial charge in [0.25, 0.3) is 0 Å². The zero-order valence-corrected chi connectivity index (χ0v) is 7.68. The van der Waals surface area contributed by atoms with Crippen molar-refractivity contribution in [1.29, 1.82) is 0 Å². The fourth-order valence-electron chi connectivity index (χ4n) is 2.66. The summed E-state index contributed by atoms with van der Waals surface area (Å²) in [5, 5.41) is 13.7. The SMILES string of the molecule is OC1([C@@H]2CCCN2)CCCCC1. The van der Waals surface area contributed by atoms with Crippen molar-refractivity contribution >= 4 is 0 Å². The molecule has 1 atom stereocenters. The maximum absolute atomic E-state index is 10.3. The predicted molar refractivity (Wildman–Crippen MR) is 49.1 cm³/mol. The molecule has 2 rings (SSSR count). The van der Waals surface area contributed by atoms with Crippen LogP contribution in [0.4, 0.5) is 0 Å². The Kier molecular flexibility index (Phi) is 2.37. The van der Waals surface area contributed by atoms with E-state index in [4.69, 9.17) is 0 Å². The van der Waals surface area contributed by atoms with Gasteiger partial charge in [0.15, 0.2) is 0 Å². The molecular weight excluding hydrogens is 150 g/mol. The van der Waals surface area contributed by atoms with Crippen LogP contribution in [0.3, 0.4) is 0 Å². The molecule has 0 bridgehead atoms. The van der Waals surface area contributed by atoms with Gasteiger partial charge in [-0.2, -0.15) is 0 Å². The molecule has 0 aromatic rings. The smallest absolute Gasteiger partial charge is 0.0800 e. The Morgan fingerprint density at radius 3 is 2.42 bits per heavy atom. The van der Waals surface area contributed by atoms with Crippen LogP contribution in [0.15, 0.2) is 0 Å². The first kappa shape index (κ1) is 8.52. The fraction of sp³-hybridized carbons (Fsp3) is 1.00. The molecule has 2 fully saturated rings. The van der Waals surface area contributed by atoms with Gasteiger partial charge in [-0.25, -0.2) is 0 Å². The minimum atomic E-state index is -0.352. The van der Waals surface area contributed by atoms with E-state index in [1.54, 1.807) is 0 Å². The van der Waals surface area contributed by atoms with Gasteiger partial charge >= 0.3 is 0 Å². The molecule has 2 heteroatoms. The van der Waals surface area contributed by atoms with Crippen LogP contribution in [0.1, 0.15) is 44.9 Å². The van der Waals surface area contributed by atoms with Crippen LogP contribution < -0.4 is 5.32 Å². The molecule has 0 aromatic carbocycles. The Hall–Kier alpha value is -0.0800. The molecular formula is C10H19NO. The van der Waals surface area contributed by atoms with Gasteiger partial charge in [-0.3, -0.25) is 0 Å². The van der Waals surface area contributed by atoms with E-state index in [0.717, 1.165) is 19.4 Å². The van der Waals surface area contributed by atoms with Crippen molar-refractivity contribution in [3.63, 3.8) is 0 Å². The number of aliphatic hydroxyl groups is 1. The van der Waals surface area contributed by atoms with Crippen molar-refractivity contribution in [2.75, 3.05) is 6.54 Å². The molecule has 2 nitrogen and oxygen atoms in total. The topological polar surface area (TPSA) is 32.3 Å². The van der Waals surface area contributed by atoms with Gasteiger partial charge < -0.3 is 10.4 Å². The van der Waals surface area contributed by atoms with E-state index in [1.165, 1.54) is 32.1 Å². The van der Waals surface area contributed by atoms with Crippen LogP contribution in [0.2, 0.25) is 0 Å². The Morgan fingerprint density at radius 1 is 1.08 bits per heavy atom. The second-order valence-corrected chi connectivity index (χ2v) is 4.31. The van der Waals surface area contributed by atoms with Crippen molar-refractivity contribution in [2.24, 2.45) is 0 Å². The first-order valence-electron chi connectivity index (χ1n) is 5.27. The van der Waals surface area contributed by atoms with E-state index in [-0.39, 0.29) is 5.60 Å². The lowest BCUT2D eigenvalue weighted by molar-refractivity contribution is -0.0250. The van der Waals surface area contributed by atoms with E-state index in [9.17, 15) is 5.11 Å². The highest BCUT2D eigenvalue weighted by Crippen LogP contribution is 2.33. The van der Waals surface area contributed by atoms with Gasteiger partial charge in [-0.1, -0.05) is 19.3 Å². The largest absolute Gasteiger partial charge is 0.388 e. The summed E-state index contributed by atoms with van der Waals surface area (Å²) < 4.78 is 0. The van der Waals surface area contributed by atoms with Crippen molar-refractivity contribution in [2.45, 2.75) is 56.6 Å². The third kappa shape index (κ3) is 1.50. The standard InChI is InChI=1S/C10H19NO/c12-10(6-2-1-3-7-10)9-5-4-8-11-9/h9,11-12H,1-8H2/t9-/m0/s1. The molecule has 2 aliphatic rings. The minimum Gasteiger partial charge on any atom is -0.388 e. The van der Waals surface area contributed by atoms with Gasteiger partial charge in [0.1, 0.15) is 0 Å². The first-order valence-corrected chi connectivity index (χ1v) is 5.27. The van der Waals surface area contributed by atoms with Crippen molar-refractivity contribution in [3.05, 3.63) is 0 Å². The molecule has 0 amide bonds. The molecule has 0 unspecified atom stereocenters.